The van der Waals surface area contributed by atoms with Gasteiger partial charge < -0.3 is 5.11 Å². The van der Waals surface area contributed by atoms with Crippen LogP contribution >= 0.6 is 0 Å². The first-order valence-electron chi connectivity index (χ1n) is 4.54. The normalized spacial score (nSPS) is 31.9. The highest BCUT2D eigenvalue weighted by Crippen LogP contribution is 2.24. The number of piperidine rings is 1. The van der Waals surface area contributed by atoms with E-state index in [4.69, 9.17) is 5.11 Å². The Labute approximate surface area is 79.6 Å². The molecular formula is C8H17NO3S. The van der Waals surface area contributed by atoms with Crippen LogP contribution in [0, 0.1) is 5.92 Å². The summed E-state index contributed by atoms with van der Waals surface area (Å²) in [6, 6.07) is -0.219. The summed E-state index contributed by atoms with van der Waals surface area (Å²) >= 11 is 0. The molecule has 0 spiro atoms. The highest BCUT2D eigenvalue weighted by molar-refractivity contribution is 7.88. The van der Waals surface area contributed by atoms with E-state index in [1.165, 1.54) is 10.6 Å². The standard InChI is InChI=1S/C8H17NO3S/c1-7-4-3-5-9(8(7)6-10)13(2,11)12/h7-8,10H,3-6H2,1-2H3/t7-,8+/m0/s1. The lowest BCUT2D eigenvalue weighted by Gasteiger charge is -2.36. The zero-order chi connectivity index (χ0) is 10.1. The summed E-state index contributed by atoms with van der Waals surface area (Å²) in [7, 11) is -3.15. The van der Waals surface area contributed by atoms with E-state index in [2.05, 4.69) is 0 Å². The molecule has 13 heavy (non-hydrogen) atoms. The van der Waals surface area contributed by atoms with Crippen molar-refractivity contribution in [1.82, 2.24) is 4.31 Å². The molecule has 0 radical (unpaired) electrons. The molecule has 1 aliphatic heterocycles. The van der Waals surface area contributed by atoms with Crippen molar-refractivity contribution in [2.45, 2.75) is 25.8 Å². The van der Waals surface area contributed by atoms with E-state index in [1.54, 1.807) is 0 Å². The predicted molar refractivity (Wildman–Crippen MR) is 50.8 cm³/mol. The first kappa shape index (κ1) is 10.9. The number of hydrogen-bond donors (Lipinski definition) is 1. The largest absolute Gasteiger partial charge is 0.395 e. The fraction of sp³-hybridized carbons (Fsp3) is 1.00. The van der Waals surface area contributed by atoms with Crippen molar-refractivity contribution in [3.8, 4) is 0 Å². The third kappa shape index (κ3) is 2.42. The molecule has 0 bridgehead atoms. The summed E-state index contributed by atoms with van der Waals surface area (Å²) in [5.41, 5.74) is 0. The van der Waals surface area contributed by atoms with Crippen LogP contribution < -0.4 is 0 Å². The third-order valence-electron chi connectivity index (χ3n) is 2.68. The molecule has 0 aliphatic carbocycles. The Morgan fingerprint density at radius 1 is 1.54 bits per heavy atom. The SMILES string of the molecule is C[C@H]1CCCN(S(C)(=O)=O)[C@@H]1CO. The highest BCUT2D eigenvalue weighted by atomic mass is 32.2. The van der Waals surface area contributed by atoms with Crippen molar-refractivity contribution >= 4 is 10.0 Å². The summed E-state index contributed by atoms with van der Waals surface area (Å²) < 4.78 is 24.0. The molecule has 0 aromatic rings. The summed E-state index contributed by atoms with van der Waals surface area (Å²) in [6.07, 6.45) is 3.09. The second-order valence-electron chi connectivity index (χ2n) is 3.74. The van der Waals surface area contributed by atoms with Crippen molar-refractivity contribution in [2.24, 2.45) is 5.92 Å². The number of aliphatic hydroxyl groups is 1. The summed E-state index contributed by atoms with van der Waals surface area (Å²) in [5.74, 6) is 0.258. The van der Waals surface area contributed by atoms with Crippen LogP contribution in [0.4, 0.5) is 0 Å². The van der Waals surface area contributed by atoms with Gasteiger partial charge in [-0.2, -0.15) is 4.31 Å². The van der Waals surface area contributed by atoms with Gasteiger partial charge in [-0.25, -0.2) is 8.42 Å². The second-order valence-corrected chi connectivity index (χ2v) is 5.68. The zero-order valence-corrected chi connectivity index (χ0v) is 8.92. The molecule has 1 heterocycles. The van der Waals surface area contributed by atoms with E-state index in [0.717, 1.165) is 12.8 Å². The zero-order valence-electron chi connectivity index (χ0n) is 8.10. The van der Waals surface area contributed by atoms with Gasteiger partial charge in [0.15, 0.2) is 0 Å². The van der Waals surface area contributed by atoms with Gasteiger partial charge in [0.25, 0.3) is 0 Å². The van der Waals surface area contributed by atoms with Crippen molar-refractivity contribution in [3.05, 3.63) is 0 Å². The molecule has 1 fully saturated rings. The minimum absolute atomic E-state index is 0.0752. The molecule has 0 aromatic heterocycles. The van der Waals surface area contributed by atoms with Gasteiger partial charge in [-0.1, -0.05) is 6.92 Å². The second kappa shape index (κ2) is 3.94. The van der Waals surface area contributed by atoms with Crippen LogP contribution in [0.1, 0.15) is 19.8 Å². The smallest absolute Gasteiger partial charge is 0.211 e. The number of nitrogens with zero attached hydrogens (tertiary/aromatic N) is 1. The molecule has 0 aromatic carbocycles. The van der Waals surface area contributed by atoms with Gasteiger partial charge in [-0.05, 0) is 18.8 Å². The van der Waals surface area contributed by atoms with Gasteiger partial charge in [0.2, 0.25) is 10.0 Å². The molecule has 4 nitrogen and oxygen atoms in total. The molecule has 2 atom stereocenters. The van der Waals surface area contributed by atoms with Crippen molar-refractivity contribution in [1.29, 1.82) is 0 Å². The summed E-state index contributed by atoms with van der Waals surface area (Å²) in [4.78, 5) is 0. The molecule has 0 saturated carbocycles. The van der Waals surface area contributed by atoms with Crippen LogP contribution in [0.5, 0.6) is 0 Å². The molecule has 1 N–H and O–H groups in total. The Kier molecular flexibility index (Phi) is 3.32. The van der Waals surface area contributed by atoms with Crippen LogP contribution in [0.2, 0.25) is 0 Å². The Hall–Kier alpha value is -0.130. The van der Waals surface area contributed by atoms with E-state index >= 15 is 0 Å². The molecule has 1 rings (SSSR count). The van der Waals surface area contributed by atoms with Gasteiger partial charge in [-0.3, -0.25) is 0 Å². The van der Waals surface area contributed by atoms with Crippen molar-refractivity contribution in [3.63, 3.8) is 0 Å². The summed E-state index contributed by atoms with van der Waals surface area (Å²) in [6.45, 7) is 2.46. The molecule has 0 unspecified atom stereocenters. The van der Waals surface area contributed by atoms with Gasteiger partial charge in [-0.15, -0.1) is 0 Å². The number of aliphatic hydroxyl groups excluding tert-OH is 1. The lowest BCUT2D eigenvalue weighted by atomic mass is 9.93. The highest BCUT2D eigenvalue weighted by Gasteiger charge is 2.33. The molecule has 0 amide bonds. The average Bonchev–Trinajstić information content (AvgIpc) is 2.02. The molecule has 1 saturated heterocycles. The maximum Gasteiger partial charge on any atom is 0.211 e. The first-order chi connectivity index (χ1) is 5.96. The third-order valence-corrected chi connectivity index (χ3v) is 3.98. The van der Waals surface area contributed by atoms with Gasteiger partial charge >= 0.3 is 0 Å². The number of sulfonamides is 1. The Morgan fingerprint density at radius 3 is 2.54 bits per heavy atom. The first-order valence-corrected chi connectivity index (χ1v) is 6.39. The Morgan fingerprint density at radius 2 is 2.15 bits per heavy atom. The topological polar surface area (TPSA) is 57.6 Å². The van der Waals surface area contributed by atoms with E-state index in [1.807, 2.05) is 6.92 Å². The maximum absolute atomic E-state index is 11.3. The van der Waals surface area contributed by atoms with E-state index in [9.17, 15) is 8.42 Å². The number of rotatable bonds is 2. The van der Waals surface area contributed by atoms with Crippen LogP contribution in [-0.2, 0) is 10.0 Å². The Bertz CT molecular complexity index is 263. The maximum atomic E-state index is 11.3. The lowest BCUT2D eigenvalue weighted by Crippen LogP contribution is -2.49. The van der Waals surface area contributed by atoms with Crippen LogP contribution in [0.25, 0.3) is 0 Å². The Balaban J connectivity index is 2.83. The van der Waals surface area contributed by atoms with Crippen LogP contribution in [-0.4, -0.2) is 43.3 Å². The lowest BCUT2D eigenvalue weighted by molar-refractivity contribution is 0.114. The fourth-order valence-corrected chi connectivity index (χ4v) is 3.12. The van der Waals surface area contributed by atoms with Crippen molar-refractivity contribution < 1.29 is 13.5 Å². The van der Waals surface area contributed by atoms with Gasteiger partial charge in [0.05, 0.1) is 18.9 Å². The molecular weight excluding hydrogens is 190 g/mol. The predicted octanol–water partition coefficient (Wildman–Crippen LogP) is 0.0388. The molecule has 1 aliphatic rings. The fourth-order valence-electron chi connectivity index (χ4n) is 1.89. The number of hydrogen-bond acceptors (Lipinski definition) is 3. The van der Waals surface area contributed by atoms with Gasteiger partial charge in [0, 0.05) is 6.54 Å². The monoisotopic (exact) mass is 207 g/mol. The van der Waals surface area contributed by atoms with Gasteiger partial charge in [0.1, 0.15) is 0 Å². The summed E-state index contributed by atoms with van der Waals surface area (Å²) in [5, 5.41) is 9.09. The van der Waals surface area contributed by atoms with Crippen molar-refractivity contribution in [2.75, 3.05) is 19.4 Å². The molecule has 78 valence electrons. The van der Waals surface area contributed by atoms with E-state index < -0.39 is 10.0 Å². The minimum Gasteiger partial charge on any atom is -0.395 e. The van der Waals surface area contributed by atoms with Crippen LogP contribution in [0.3, 0.4) is 0 Å². The minimum atomic E-state index is -3.15. The van der Waals surface area contributed by atoms with E-state index in [0.29, 0.717) is 6.54 Å². The average molecular weight is 207 g/mol. The molecule has 5 heteroatoms. The quantitative estimate of drug-likeness (QED) is 0.695. The van der Waals surface area contributed by atoms with E-state index in [-0.39, 0.29) is 18.6 Å². The van der Waals surface area contributed by atoms with Crippen LogP contribution in [0.15, 0.2) is 0 Å².